The molecule has 0 aromatic carbocycles. The molecule has 0 N–H and O–H groups in total. The first-order valence-electron chi connectivity index (χ1n) is 6.65. The number of rotatable bonds is 3. The van der Waals surface area contributed by atoms with Crippen molar-refractivity contribution in [2.24, 2.45) is 0 Å². The second-order valence-corrected chi connectivity index (χ2v) is 5.93. The molecule has 1 heterocycles. The molecule has 1 saturated heterocycles. The molecule has 0 aliphatic carbocycles. The number of esters is 2. The average molecular weight is 272 g/mol. The van der Waals surface area contributed by atoms with Crippen molar-refractivity contribution >= 4 is 11.9 Å². The van der Waals surface area contributed by atoms with Crippen molar-refractivity contribution in [3.05, 3.63) is 0 Å². The summed E-state index contributed by atoms with van der Waals surface area (Å²) in [6.45, 7) is 8.66. The smallest absolute Gasteiger partial charge is 0.303 e. The Morgan fingerprint density at radius 3 is 2.32 bits per heavy atom. The van der Waals surface area contributed by atoms with Crippen LogP contribution in [0.4, 0.5) is 0 Å². The number of hydrogen-bond acceptors (Lipinski definition) is 5. The van der Waals surface area contributed by atoms with E-state index in [9.17, 15) is 9.59 Å². The van der Waals surface area contributed by atoms with Crippen molar-refractivity contribution in [2.45, 2.75) is 71.2 Å². The summed E-state index contributed by atoms with van der Waals surface area (Å²) in [5.74, 6) is -0.713. The Morgan fingerprint density at radius 2 is 1.79 bits per heavy atom. The second kappa shape index (κ2) is 5.90. The van der Waals surface area contributed by atoms with Gasteiger partial charge in [0.1, 0.15) is 18.3 Å². The molecule has 1 aliphatic rings. The van der Waals surface area contributed by atoms with E-state index in [1.54, 1.807) is 0 Å². The molecule has 0 saturated carbocycles. The Bertz CT molecular complexity index is 350. The molecular weight excluding hydrogens is 248 g/mol. The number of carbonyl (C=O) groups is 2. The van der Waals surface area contributed by atoms with Gasteiger partial charge < -0.3 is 14.2 Å². The van der Waals surface area contributed by atoms with Crippen molar-refractivity contribution in [3.63, 3.8) is 0 Å². The van der Waals surface area contributed by atoms with Gasteiger partial charge in [-0.2, -0.15) is 0 Å². The fourth-order valence-electron chi connectivity index (χ4n) is 2.44. The standard InChI is InChI=1S/C14H24O5/c1-10(15)17-9-12-14(5,18-11(2)16)8-6-7-13(3,4)19-12/h12H,6-9H2,1-5H3/t12-,14+/m0/s1. The quantitative estimate of drug-likeness (QED) is 0.737. The molecule has 1 aliphatic heterocycles. The highest BCUT2D eigenvalue weighted by Gasteiger charge is 2.44. The topological polar surface area (TPSA) is 61.8 Å². The Hall–Kier alpha value is -1.10. The van der Waals surface area contributed by atoms with Gasteiger partial charge in [0.25, 0.3) is 0 Å². The van der Waals surface area contributed by atoms with Crippen LogP contribution in [-0.2, 0) is 23.8 Å². The summed E-state index contributed by atoms with van der Waals surface area (Å²) in [5, 5.41) is 0. The third kappa shape index (κ3) is 4.82. The Kier molecular flexibility index (Phi) is 4.96. The van der Waals surface area contributed by atoms with Crippen LogP contribution in [0.5, 0.6) is 0 Å². The van der Waals surface area contributed by atoms with Gasteiger partial charge in [-0.3, -0.25) is 9.59 Å². The first-order valence-corrected chi connectivity index (χ1v) is 6.65. The Balaban J connectivity index is 2.89. The summed E-state index contributed by atoms with van der Waals surface area (Å²) in [4.78, 5) is 22.3. The summed E-state index contributed by atoms with van der Waals surface area (Å²) in [7, 11) is 0. The molecule has 0 unspecified atom stereocenters. The van der Waals surface area contributed by atoms with Crippen LogP contribution >= 0.6 is 0 Å². The van der Waals surface area contributed by atoms with Crippen molar-refractivity contribution in [2.75, 3.05) is 6.61 Å². The molecule has 0 aromatic heterocycles. The first kappa shape index (κ1) is 16.0. The predicted molar refractivity (Wildman–Crippen MR) is 69.6 cm³/mol. The van der Waals surface area contributed by atoms with Crippen LogP contribution in [0.3, 0.4) is 0 Å². The lowest BCUT2D eigenvalue weighted by atomic mass is 9.92. The van der Waals surface area contributed by atoms with Gasteiger partial charge in [0.2, 0.25) is 0 Å². The zero-order valence-corrected chi connectivity index (χ0v) is 12.4. The first-order chi connectivity index (χ1) is 8.65. The third-order valence-corrected chi connectivity index (χ3v) is 3.41. The highest BCUT2D eigenvalue weighted by Crippen LogP contribution is 2.35. The maximum atomic E-state index is 11.3. The molecule has 0 radical (unpaired) electrons. The van der Waals surface area contributed by atoms with Gasteiger partial charge in [-0.1, -0.05) is 0 Å². The molecule has 1 fully saturated rings. The van der Waals surface area contributed by atoms with E-state index in [1.807, 2.05) is 20.8 Å². The maximum absolute atomic E-state index is 11.3. The van der Waals surface area contributed by atoms with Crippen molar-refractivity contribution in [1.82, 2.24) is 0 Å². The van der Waals surface area contributed by atoms with Crippen LogP contribution in [-0.4, -0.2) is 35.9 Å². The van der Waals surface area contributed by atoms with E-state index in [2.05, 4.69) is 0 Å². The van der Waals surface area contributed by atoms with E-state index in [4.69, 9.17) is 14.2 Å². The average Bonchev–Trinajstić information content (AvgIpc) is 2.31. The lowest BCUT2D eigenvalue weighted by Gasteiger charge is -2.37. The summed E-state index contributed by atoms with van der Waals surface area (Å²) in [5.41, 5.74) is -1.07. The van der Waals surface area contributed by atoms with E-state index >= 15 is 0 Å². The van der Waals surface area contributed by atoms with Gasteiger partial charge in [-0.05, 0) is 40.0 Å². The van der Waals surface area contributed by atoms with Crippen molar-refractivity contribution < 1.29 is 23.8 Å². The summed E-state index contributed by atoms with van der Waals surface area (Å²) < 4.78 is 16.5. The van der Waals surface area contributed by atoms with Gasteiger partial charge in [0.05, 0.1) is 5.60 Å². The van der Waals surface area contributed by atoms with E-state index in [1.165, 1.54) is 13.8 Å². The number of ether oxygens (including phenoxy) is 3. The molecule has 1 rings (SSSR count). The molecule has 0 aromatic rings. The minimum Gasteiger partial charge on any atom is -0.463 e. The highest BCUT2D eigenvalue weighted by molar-refractivity contribution is 5.67. The number of carbonyl (C=O) groups excluding carboxylic acids is 2. The lowest BCUT2D eigenvalue weighted by Crippen LogP contribution is -2.49. The Labute approximate surface area is 114 Å². The van der Waals surface area contributed by atoms with Crippen LogP contribution in [0.2, 0.25) is 0 Å². The van der Waals surface area contributed by atoms with Crippen LogP contribution in [0.25, 0.3) is 0 Å². The van der Waals surface area contributed by atoms with E-state index in [-0.39, 0.29) is 24.1 Å². The van der Waals surface area contributed by atoms with Crippen LogP contribution < -0.4 is 0 Å². The van der Waals surface area contributed by atoms with Crippen LogP contribution in [0.15, 0.2) is 0 Å². The van der Waals surface area contributed by atoms with Gasteiger partial charge in [0, 0.05) is 13.8 Å². The fourth-order valence-corrected chi connectivity index (χ4v) is 2.44. The van der Waals surface area contributed by atoms with Crippen LogP contribution in [0, 0.1) is 0 Å². The number of hydrogen-bond donors (Lipinski definition) is 0. The summed E-state index contributed by atoms with van der Waals surface area (Å²) >= 11 is 0. The minimum absolute atomic E-state index is 0.0997. The SMILES string of the molecule is CC(=O)OC[C@@H]1OC(C)(C)CCC[C@@]1(C)OC(C)=O. The summed E-state index contributed by atoms with van der Waals surface area (Å²) in [6.07, 6.45) is 2.02. The zero-order chi connectivity index (χ0) is 14.7. The van der Waals surface area contributed by atoms with Gasteiger partial charge >= 0.3 is 11.9 Å². The predicted octanol–water partition coefficient (Wildman–Crippen LogP) is 2.22. The largest absolute Gasteiger partial charge is 0.463 e. The monoisotopic (exact) mass is 272 g/mol. The molecular formula is C14H24O5. The third-order valence-electron chi connectivity index (χ3n) is 3.41. The van der Waals surface area contributed by atoms with Gasteiger partial charge in [0.15, 0.2) is 0 Å². The molecule has 0 spiro atoms. The van der Waals surface area contributed by atoms with Crippen molar-refractivity contribution in [1.29, 1.82) is 0 Å². The maximum Gasteiger partial charge on any atom is 0.303 e. The molecule has 2 atom stereocenters. The van der Waals surface area contributed by atoms with E-state index < -0.39 is 11.7 Å². The zero-order valence-electron chi connectivity index (χ0n) is 12.4. The Morgan fingerprint density at radius 1 is 1.16 bits per heavy atom. The van der Waals surface area contributed by atoms with Gasteiger partial charge in [-0.15, -0.1) is 0 Å². The second-order valence-electron chi connectivity index (χ2n) is 5.93. The van der Waals surface area contributed by atoms with E-state index in [0.717, 1.165) is 12.8 Å². The highest BCUT2D eigenvalue weighted by atomic mass is 16.6. The van der Waals surface area contributed by atoms with Gasteiger partial charge in [-0.25, -0.2) is 0 Å². The molecule has 19 heavy (non-hydrogen) atoms. The molecule has 5 heteroatoms. The molecule has 0 bridgehead atoms. The fraction of sp³-hybridized carbons (Fsp3) is 0.857. The van der Waals surface area contributed by atoms with Crippen molar-refractivity contribution in [3.8, 4) is 0 Å². The van der Waals surface area contributed by atoms with Crippen LogP contribution in [0.1, 0.15) is 53.9 Å². The molecule has 110 valence electrons. The van der Waals surface area contributed by atoms with E-state index in [0.29, 0.717) is 6.42 Å². The normalized spacial score (nSPS) is 30.3. The molecule has 0 amide bonds. The minimum atomic E-state index is -0.755. The molecule has 5 nitrogen and oxygen atoms in total. The lowest BCUT2D eigenvalue weighted by molar-refractivity contribution is -0.196. The summed E-state index contributed by atoms with van der Waals surface area (Å²) in [6, 6.07) is 0.